The Morgan fingerprint density at radius 3 is 2.80 bits per heavy atom. The summed E-state index contributed by atoms with van der Waals surface area (Å²) in [5.74, 6) is 0.0446. The van der Waals surface area contributed by atoms with Crippen LogP contribution < -0.4 is 4.74 Å². The lowest BCUT2D eigenvalue weighted by Gasteiger charge is -2.24. The number of fused-ring (bicyclic) bond motifs is 2. The van der Waals surface area contributed by atoms with Gasteiger partial charge in [0.1, 0.15) is 6.61 Å². The number of hydrogen-bond acceptors (Lipinski definition) is 5. The zero-order valence-corrected chi connectivity index (χ0v) is 15.0. The molecule has 1 heterocycles. The maximum Gasteiger partial charge on any atom is 0.311 e. The molecule has 1 aliphatic rings. The fraction of sp³-hybridized carbons (Fsp3) is 0.400. The summed E-state index contributed by atoms with van der Waals surface area (Å²) in [4.78, 5) is 23.3. The first-order valence-corrected chi connectivity index (χ1v) is 8.51. The topological polar surface area (TPSA) is 65.7 Å². The monoisotopic (exact) mass is 342 g/mol. The molecule has 0 N–H and O–H groups in total. The van der Waals surface area contributed by atoms with Crippen LogP contribution in [0.15, 0.2) is 16.8 Å². The number of esters is 2. The van der Waals surface area contributed by atoms with E-state index in [0.717, 1.165) is 34.1 Å². The maximum atomic E-state index is 11.9. The standard InChI is InChI=1S/C20H22O5/c1-5-16(22)25-19-14-8-6-7-11(2)17(14)15(10-23-13(4)21)18-12(3)9-24-20(18)19/h6,8-9,11H,5,7,10H2,1-4H3/t11-/m0/s1. The smallest absolute Gasteiger partial charge is 0.311 e. The van der Waals surface area contributed by atoms with Gasteiger partial charge in [0.2, 0.25) is 0 Å². The second-order valence-electron chi connectivity index (χ2n) is 6.40. The number of allylic oxidation sites excluding steroid dienone is 1. The van der Waals surface area contributed by atoms with Gasteiger partial charge in [-0.05, 0) is 30.4 Å². The Morgan fingerprint density at radius 1 is 1.36 bits per heavy atom. The Labute approximate surface area is 146 Å². The van der Waals surface area contributed by atoms with Crippen LogP contribution in [-0.2, 0) is 20.9 Å². The predicted molar refractivity (Wildman–Crippen MR) is 94.4 cm³/mol. The first kappa shape index (κ1) is 17.3. The fourth-order valence-electron chi connectivity index (χ4n) is 3.38. The quantitative estimate of drug-likeness (QED) is 0.598. The van der Waals surface area contributed by atoms with Crippen LogP contribution in [0.4, 0.5) is 0 Å². The van der Waals surface area contributed by atoms with Crippen molar-refractivity contribution in [2.75, 3.05) is 0 Å². The van der Waals surface area contributed by atoms with Gasteiger partial charge in [-0.1, -0.05) is 26.0 Å². The van der Waals surface area contributed by atoms with Gasteiger partial charge in [0.15, 0.2) is 11.3 Å². The van der Waals surface area contributed by atoms with Crippen LogP contribution in [0.3, 0.4) is 0 Å². The van der Waals surface area contributed by atoms with Gasteiger partial charge in [-0.2, -0.15) is 0 Å². The lowest BCUT2D eigenvalue weighted by atomic mass is 9.82. The summed E-state index contributed by atoms with van der Waals surface area (Å²) in [6.07, 6.45) is 6.83. The first-order chi connectivity index (χ1) is 11.9. The lowest BCUT2D eigenvalue weighted by Crippen LogP contribution is -2.13. The Bertz CT molecular complexity index is 872. The van der Waals surface area contributed by atoms with Crippen LogP contribution in [0.2, 0.25) is 0 Å². The number of aryl methyl sites for hydroxylation is 1. The van der Waals surface area contributed by atoms with Crippen molar-refractivity contribution >= 4 is 29.0 Å². The van der Waals surface area contributed by atoms with Crippen LogP contribution in [0.25, 0.3) is 17.0 Å². The van der Waals surface area contributed by atoms with Gasteiger partial charge in [0, 0.05) is 29.9 Å². The highest BCUT2D eigenvalue weighted by Gasteiger charge is 2.28. The van der Waals surface area contributed by atoms with E-state index in [2.05, 4.69) is 13.0 Å². The van der Waals surface area contributed by atoms with Crippen molar-refractivity contribution in [1.29, 1.82) is 0 Å². The SMILES string of the molecule is CCC(=O)Oc1c2c(c(COC(C)=O)c3c(C)coc13)[C@@H](C)CC=C2. The minimum atomic E-state index is -0.330. The normalized spacial score (nSPS) is 15.9. The summed E-state index contributed by atoms with van der Waals surface area (Å²) in [7, 11) is 0. The molecule has 1 aromatic heterocycles. The largest absolute Gasteiger partial charge is 0.461 e. The van der Waals surface area contributed by atoms with E-state index in [-0.39, 0.29) is 30.9 Å². The molecule has 0 aliphatic heterocycles. The second-order valence-corrected chi connectivity index (χ2v) is 6.40. The van der Waals surface area contributed by atoms with Gasteiger partial charge < -0.3 is 13.9 Å². The second kappa shape index (κ2) is 6.75. The average molecular weight is 342 g/mol. The van der Waals surface area contributed by atoms with Crippen LogP contribution in [0.1, 0.15) is 61.8 Å². The number of rotatable bonds is 4. The third-order valence-electron chi connectivity index (χ3n) is 4.53. The molecule has 0 fully saturated rings. The zero-order valence-electron chi connectivity index (χ0n) is 15.0. The third-order valence-corrected chi connectivity index (χ3v) is 4.53. The first-order valence-electron chi connectivity index (χ1n) is 8.51. The van der Waals surface area contributed by atoms with Gasteiger partial charge in [0.05, 0.1) is 6.26 Å². The van der Waals surface area contributed by atoms with Gasteiger partial charge >= 0.3 is 11.9 Å². The molecule has 132 valence electrons. The molecule has 0 unspecified atom stereocenters. The van der Waals surface area contributed by atoms with E-state index in [1.165, 1.54) is 6.92 Å². The molecule has 1 aliphatic carbocycles. The van der Waals surface area contributed by atoms with Gasteiger partial charge in [-0.15, -0.1) is 0 Å². The Morgan fingerprint density at radius 2 is 2.12 bits per heavy atom. The van der Waals surface area contributed by atoms with Gasteiger partial charge in [-0.25, -0.2) is 0 Å². The number of furan rings is 1. The molecule has 0 radical (unpaired) electrons. The van der Waals surface area contributed by atoms with E-state index in [9.17, 15) is 9.59 Å². The predicted octanol–water partition coefficient (Wildman–Crippen LogP) is 4.64. The van der Waals surface area contributed by atoms with E-state index >= 15 is 0 Å². The summed E-state index contributed by atoms with van der Waals surface area (Å²) in [6, 6.07) is 0. The Balaban J connectivity index is 2.31. The molecule has 0 saturated carbocycles. The van der Waals surface area contributed by atoms with Gasteiger partial charge in [0.25, 0.3) is 0 Å². The van der Waals surface area contributed by atoms with Crippen molar-refractivity contribution in [1.82, 2.24) is 0 Å². The van der Waals surface area contributed by atoms with Crippen molar-refractivity contribution < 1.29 is 23.5 Å². The summed E-state index contributed by atoms with van der Waals surface area (Å²) in [5, 5.41) is 0.862. The fourth-order valence-corrected chi connectivity index (χ4v) is 3.38. The van der Waals surface area contributed by atoms with E-state index in [1.54, 1.807) is 13.2 Å². The van der Waals surface area contributed by atoms with Crippen LogP contribution in [-0.4, -0.2) is 11.9 Å². The minimum Gasteiger partial charge on any atom is -0.461 e. The van der Waals surface area contributed by atoms with Crippen molar-refractivity contribution in [3.8, 4) is 5.75 Å². The summed E-state index contributed by atoms with van der Waals surface area (Å²) < 4.78 is 16.7. The highest BCUT2D eigenvalue weighted by atomic mass is 16.5. The van der Waals surface area contributed by atoms with Crippen LogP contribution >= 0.6 is 0 Å². The Hall–Kier alpha value is -2.56. The van der Waals surface area contributed by atoms with E-state index < -0.39 is 0 Å². The highest BCUT2D eigenvalue weighted by Crippen LogP contribution is 2.45. The molecule has 25 heavy (non-hydrogen) atoms. The third kappa shape index (κ3) is 3.06. The molecular weight excluding hydrogens is 320 g/mol. The molecule has 0 spiro atoms. The van der Waals surface area contributed by atoms with E-state index in [0.29, 0.717) is 11.3 Å². The van der Waals surface area contributed by atoms with Crippen LogP contribution in [0.5, 0.6) is 5.75 Å². The van der Waals surface area contributed by atoms with Crippen molar-refractivity contribution in [2.45, 2.75) is 53.1 Å². The molecule has 0 bridgehead atoms. The lowest BCUT2D eigenvalue weighted by molar-refractivity contribution is -0.142. The van der Waals surface area contributed by atoms with Crippen molar-refractivity contribution in [2.24, 2.45) is 0 Å². The molecule has 2 aromatic rings. The highest BCUT2D eigenvalue weighted by molar-refractivity contribution is 5.96. The molecule has 1 atom stereocenters. The van der Waals surface area contributed by atoms with Crippen LogP contribution in [0, 0.1) is 6.92 Å². The molecule has 1 aromatic carbocycles. The molecule has 3 rings (SSSR count). The molecule has 5 nitrogen and oxygen atoms in total. The number of carbonyl (C=O) groups is 2. The van der Waals surface area contributed by atoms with E-state index in [1.807, 2.05) is 13.0 Å². The van der Waals surface area contributed by atoms with E-state index in [4.69, 9.17) is 13.9 Å². The summed E-state index contributed by atoms with van der Waals surface area (Å²) in [5.41, 5.74) is 4.28. The Kier molecular flexibility index (Phi) is 4.66. The maximum absolute atomic E-state index is 11.9. The molecule has 5 heteroatoms. The zero-order chi connectivity index (χ0) is 18.1. The average Bonchev–Trinajstić information content (AvgIpc) is 2.96. The van der Waals surface area contributed by atoms with Crippen molar-refractivity contribution in [3.05, 3.63) is 34.6 Å². The van der Waals surface area contributed by atoms with Crippen molar-refractivity contribution in [3.63, 3.8) is 0 Å². The summed E-state index contributed by atoms with van der Waals surface area (Å²) in [6.45, 7) is 7.38. The number of benzene rings is 1. The number of ether oxygens (including phenoxy) is 2. The van der Waals surface area contributed by atoms with Gasteiger partial charge in [-0.3, -0.25) is 9.59 Å². The molecule has 0 amide bonds. The summed E-state index contributed by atoms with van der Waals surface area (Å²) >= 11 is 0. The number of hydrogen-bond donors (Lipinski definition) is 0. The minimum absolute atomic E-state index is 0.175. The molecule has 0 saturated heterocycles. The molecular formula is C20H22O5. The number of carbonyl (C=O) groups excluding carboxylic acids is 2.